The number of hydrogen-bond donors (Lipinski definition) is 2. The number of carboxylic acids is 1. The monoisotopic (exact) mass is 624 g/mol. The van der Waals surface area contributed by atoms with Crippen molar-refractivity contribution < 1.29 is 33.3 Å². The summed E-state index contributed by atoms with van der Waals surface area (Å²) in [5, 5.41) is 20.6. The molecule has 1 saturated carbocycles. The van der Waals surface area contributed by atoms with Crippen molar-refractivity contribution in [1.29, 1.82) is 0 Å². The van der Waals surface area contributed by atoms with Gasteiger partial charge in [-0.3, -0.25) is 14.6 Å². The van der Waals surface area contributed by atoms with Gasteiger partial charge in [0.25, 0.3) is 5.91 Å². The van der Waals surface area contributed by atoms with E-state index in [0.29, 0.717) is 39.2 Å². The van der Waals surface area contributed by atoms with Gasteiger partial charge in [-0.2, -0.15) is 0 Å². The highest BCUT2D eigenvalue weighted by Gasteiger charge is 2.39. The molecule has 2 aromatic rings. The third-order valence-electron chi connectivity index (χ3n) is 8.29. The van der Waals surface area contributed by atoms with Crippen molar-refractivity contribution in [1.82, 2.24) is 9.80 Å². The minimum atomic E-state index is -1.62. The molecule has 42 heavy (non-hydrogen) atoms. The standard InChI is InChI=1S/C31H36Cl2F2N2O5/c1-4-18(2)28(30(40)41)37(17-38)29(39)25-14-24(20-5-6-20)27(15-26(25)34)42-16-31(35)7-9-36(10-8-31)19(3)21-11-22(32)13-23(33)12-21/h4,11-15,19-20,28,38H,5-10,16-17H2,1-3H3,(H,40,41)/b18-4+/t19?,28-/m0/s1. The largest absolute Gasteiger partial charge is 0.490 e. The van der Waals surface area contributed by atoms with Gasteiger partial charge in [0.05, 0.1) is 5.56 Å². The number of allylic oxidation sites excluding steroid dienone is 1. The number of carbonyl (C=O) groups is 2. The van der Waals surface area contributed by atoms with E-state index in [1.807, 2.05) is 19.1 Å². The van der Waals surface area contributed by atoms with E-state index in [4.69, 9.17) is 27.9 Å². The number of halogens is 4. The number of piperidine rings is 1. The number of aliphatic hydroxyl groups is 1. The number of carboxylic acid groups (broad SMARTS) is 1. The van der Waals surface area contributed by atoms with E-state index in [2.05, 4.69) is 4.90 Å². The van der Waals surface area contributed by atoms with Gasteiger partial charge in [-0.15, -0.1) is 0 Å². The number of aliphatic carboxylic acids is 1. The first-order chi connectivity index (χ1) is 19.9. The van der Waals surface area contributed by atoms with Crippen LogP contribution in [0.5, 0.6) is 5.75 Å². The maximum absolute atomic E-state index is 15.9. The lowest BCUT2D eigenvalue weighted by molar-refractivity contribution is -0.142. The number of rotatable bonds is 11. The summed E-state index contributed by atoms with van der Waals surface area (Å²) >= 11 is 12.3. The zero-order valence-electron chi connectivity index (χ0n) is 23.9. The highest BCUT2D eigenvalue weighted by atomic mass is 35.5. The fourth-order valence-electron chi connectivity index (χ4n) is 5.41. The van der Waals surface area contributed by atoms with Crippen LogP contribution in [0.25, 0.3) is 0 Å². The first kappa shape index (κ1) is 32.2. The van der Waals surface area contributed by atoms with Gasteiger partial charge in [0, 0.05) is 35.2 Å². The van der Waals surface area contributed by atoms with Crippen LogP contribution in [-0.2, 0) is 4.79 Å². The summed E-state index contributed by atoms with van der Waals surface area (Å²) in [6.07, 6.45) is 3.56. The summed E-state index contributed by atoms with van der Waals surface area (Å²) < 4.78 is 37.1. The lowest BCUT2D eigenvalue weighted by Gasteiger charge is -2.39. The average molecular weight is 626 g/mol. The van der Waals surface area contributed by atoms with E-state index >= 15 is 8.78 Å². The highest BCUT2D eigenvalue weighted by molar-refractivity contribution is 6.34. The zero-order chi connectivity index (χ0) is 30.8. The molecule has 1 aliphatic heterocycles. The number of carbonyl (C=O) groups excluding carboxylic acids is 1. The SMILES string of the molecule is C/C=C(\C)[C@@H](C(=O)O)N(CO)C(=O)c1cc(C2CC2)c(OCC2(F)CCN(C(C)c3cc(Cl)cc(Cl)c3)CC2)cc1F. The third kappa shape index (κ3) is 7.25. The molecule has 0 radical (unpaired) electrons. The summed E-state index contributed by atoms with van der Waals surface area (Å²) in [7, 11) is 0. The van der Waals surface area contributed by atoms with E-state index in [1.54, 1.807) is 13.0 Å². The van der Waals surface area contributed by atoms with Crippen LogP contribution in [0.3, 0.4) is 0 Å². The predicted molar refractivity (Wildman–Crippen MR) is 158 cm³/mol. The van der Waals surface area contributed by atoms with Crippen LogP contribution >= 0.6 is 23.2 Å². The second-order valence-corrected chi connectivity index (χ2v) is 12.1. The van der Waals surface area contributed by atoms with Crippen molar-refractivity contribution in [2.75, 3.05) is 26.4 Å². The van der Waals surface area contributed by atoms with Gasteiger partial charge in [-0.05, 0) is 93.3 Å². The Bertz CT molecular complexity index is 1340. The van der Waals surface area contributed by atoms with Crippen molar-refractivity contribution in [2.45, 2.75) is 70.1 Å². The topological polar surface area (TPSA) is 90.3 Å². The van der Waals surface area contributed by atoms with Gasteiger partial charge in [-0.1, -0.05) is 29.3 Å². The first-order valence-electron chi connectivity index (χ1n) is 14.0. The van der Waals surface area contributed by atoms with Crippen LogP contribution < -0.4 is 4.74 Å². The number of ether oxygens (including phenoxy) is 1. The molecule has 2 atom stereocenters. The Hall–Kier alpha value is -2.72. The van der Waals surface area contributed by atoms with Gasteiger partial charge in [0.1, 0.15) is 30.6 Å². The summed E-state index contributed by atoms with van der Waals surface area (Å²) in [5.74, 6) is -3.05. The van der Waals surface area contributed by atoms with Gasteiger partial charge in [-0.25, -0.2) is 13.6 Å². The van der Waals surface area contributed by atoms with Crippen LogP contribution in [-0.4, -0.2) is 70.0 Å². The Balaban J connectivity index is 1.47. The lowest BCUT2D eigenvalue weighted by atomic mass is 9.92. The Morgan fingerprint density at radius 2 is 1.79 bits per heavy atom. The minimum Gasteiger partial charge on any atom is -0.490 e. The smallest absolute Gasteiger partial charge is 0.330 e. The maximum atomic E-state index is 15.9. The first-order valence-corrected chi connectivity index (χ1v) is 14.8. The van der Waals surface area contributed by atoms with Gasteiger partial charge >= 0.3 is 5.97 Å². The lowest BCUT2D eigenvalue weighted by Crippen LogP contribution is -2.46. The quantitative estimate of drug-likeness (QED) is 0.212. The number of hydrogen-bond acceptors (Lipinski definition) is 5. The Labute approximate surface area is 254 Å². The molecule has 11 heteroatoms. The van der Waals surface area contributed by atoms with Gasteiger partial charge < -0.3 is 14.9 Å². The van der Waals surface area contributed by atoms with Crippen molar-refractivity contribution in [3.05, 3.63) is 74.5 Å². The average Bonchev–Trinajstić information content (AvgIpc) is 3.79. The molecule has 0 spiro atoms. The van der Waals surface area contributed by atoms with E-state index in [1.165, 1.54) is 19.1 Å². The van der Waals surface area contributed by atoms with Gasteiger partial charge in [0.2, 0.25) is 0 Å². The van der Waals surface area contributed by atoms with E-state index in [0.717, 1.165) is 24.5 Å². The van der Waals surface area contributed by atoms with E-state index in [-0.39, 0.29) is 42.7 Å². The molecule has 228 valence electrons. The molecule has 1 unspecified atom stereocenters. The Morgan fingerprint density at radius 3 is 2.31 bits per heavy atom. The number of aliphatic hydroxyl groups excluding tert-OH is 1. The fraction of sp³-hybridized carbons (Fsp3) is 0.484. The van der Waals surface area contributed by atoms with Crippen LogP contribution in [0.2, 0.25) is 10.0 Å². The van der Waals surface area contributed by atoms with Crippen LogP contribution in [0.1, 0.15) is 79.9 Å². The number of amides is 1. The molecule has 0 bridgehead atoms. The molecule has 1 aliphatic carbocycles. The van der Waals surface area contributed by atoms with Crippen LogP contribution in [0, 0.1) is 5.82 Å². The van der Waals surface area contributed by atoms with Crippen molar-refractivity contribution in [3.8, 4) is 5.75 Å². The van der Waals surface area contributed by atoms with Crippen molar-refractivity contribution in [3.63, 3.8) is 0 Å². The molecule has 2 N–H and O–H groups in total. The number of likely N-dealkylation sites (tertiary alicyclic amines) is 1. The molecule has 2 aromatic carbocycles. The molecule has 1 heterocycles. The van der Waals surface area contributed by atoms with E-state index in [9.17, 15) is 19.8 Å². The van der Waals surface area contributed by atoms with Crippen molar-refractivity contribution >= 4 is 35.1 Å². The number of alkyl halides is 1. The summed E-state index contributed by atoms with van der Waals surface area (Å²) in [6.45, 7) is 4.93. The molecule has 1 saturated heterocycles. The second kappa shape index (κ2) is 13.3. The molecular formula is C31H36Cl2F2N2O5. The normalized spacial score (nSPS) is 18.8. The van der Waals surface area contributed by atoms with Crippen LogP contribution in [0.4, 0.5) is 8.78 Å². The summed E-state index contributed by atoms with van der Waals surface area (Å²) in [5.41, 5.74) is -0.158. The Kier molecular flexibility index (Phi) is 10.2. The number of benzene rings is 2. The highest BCUT2D eigenvalue weighted by Crippen LogP contribution is 2.46. The zero-order valence-corrected chi connectivity index (χ0v) is 25.4. The molecule has 4 rings (SSSR count). The summed E-state index contributed by atoms with van der Waals surface area (Å²) in [4.78, 5) is 28.0. The molecule has 1 amide bonds. The fourth-order valence-corrected chi connectivity index (χ4v) is 5.96. The third-order valence-corrected chi connectivity index (χ3v) is 8.72. The molecule has 0 aromatic heterocycles. The molecule has 2 aliphatic rings. The van der Waals surface area contributed by atoms with Crippen LogP contribution in [0.15, 0.2) is 42.0 Å². The summed E-state index contributed by atoms with van der Waals surface area (Å²) in [6, 6.07) is 6.32. The predicted octanol–water partition coefficient (Wildman–Crippen LogP) is 6.77. The molecule has 2 fully saturated rings. The van der Waals surface area contributed by atoms with E-state index < -0.39 is 36.1 Å². The molecular weight excluding hydrogens is 589 g/mol. The minimum absolute atomic E-state index is 0.0110. The Morgan fingerprint density at radius 1 is 1.17 bits per heavy atom. The van der Waals surface area contributed by atoms with Crippen molar-refractivity contribution in [2.24, 2.45) is 0 Å². The number of nitrogens with zero attached hydrogens (tertiary/aromatic N) is 2. The maximum Gasteiger partial charge on any atom is 0.330 e. The molecule has 7 nitrogen and oxygen atoms in total. The van der Waals surface area contributed by atoms with Gasteiger partial charge in [0.15, 0.2) is 6.04 Å². The second-order valence-electron chi connectivity index (χ2n) is 11.2.